The third-order valence-electron chi connectivity index (χ3n) is 15.6. The molecule has 0 spiro atoms. The van der Waals surface area contributed by atoms with Crippen LogP contribution in [-0.4, -0.2) is 28.2 Å². The molecule has 0 saturated carbocycles. The fourth-order valence-corrected chi connectivity index (χ4v) is 12.3. The van der Waals surface area contributed by atoms with Gasteiger partial charge in [0.25, 0.3) is 0 Å². The van der Waals surface area contributed by atoms with Gasteiger partial charge in [0.2, 0.25) is 0 Å². The van der Waals surface area contributed by atoms with Crippen LogP contribution in [0.2, 0.25) is 0 Å². The zero-order valence-corrected chi connectivity index (χ0v) is 41.1. The maximum Gasteiger partial charge on any atom is 0.0963 e. The molecule has 0 radical (unpaired) electrons. The van der Waals surface area contributed by atoms with Gasteiger partial charge < -0.3 is 18.3 Å². The van der Waals surface area contributed by atoms with Crippen LogP contribution in [0, 0.1) is 0 Å². The number of pyridine rings is 2. The average Bonchev–Trinajstić information content (AvgIpc) is 4.30. The minimum absolute atomic E-state index is 1.00. The molecule has 0 saturated heterocycles. The Bertz CT molecular complexity index is 4680. The third-order valence-corrected chi connectivity index (χ3v) is 15.6. The van der Waals surface area contributed by atoms with Gasteiger partial charge in [0.1, 0.15) is 0 Å². The standard InChI is InChI=1S/C70H44N6/c1-3-17-51(18-4-1)73-65-35-31-49(43-59(65)69-67(73)27-13-37-71-69)45-15-11-21-53(39-45)75-61-25-9-7-23-55(61)57-41-47(29-33-63(57)75)48-30-34-64-58(42-48)56-24-8-10-26-62(56)76(64)54-22-12-16-46(40-54)50-32-36-66-60(44-50)70-68(28-14-38-72-70)74(66)52-19-5-2-6-20-52/h1-44H. The highest BCUT2D eigenvalue weighted by Gasteiger charge is 2.20. The van der Waals surface area contributed by atoms with E-state index in [4.69, 9.17) is 9.97 Å². The zero-order chi connectivity index (χ0) is 49.8. The van der Waals surface area contributed by atoms with Crippen LogP contribution in [0.4, 0.5) is 0 Å². The van der Waals surface area contributed by atoms with Gasteiger partial charge in [-0.15, -0.1) is 0 Å². The summed E-state index contributed by atoms with van der Waals surface area (Å²) in [5.41, 5.74) is 22.6. The van der Waals surface area contributed by atoms with Gasteiger partial charge in [-0.1, -0.05) is 121 Å². The highest BCUT2D eigenvalue weighted by Crippen LogP contribution is 2.41. The first-order valence-electron chi connectivity index (χ1n) is 25.9. The summed E-state index contributed by atoms with van der Waals surface area (Å²) in [4.78, 5) is 9.78. The van der Waals surface area contributed by atoms with Crippen LogP contribution < -0.4 is 0 Å². The summed E-state index contributed by atoms with van der Waals surface area (Å²) in [7, 11) is 0. The maximum absolute atomic E-state index is 4.89. The first-order chi connectivity index (χ1) is 37.7. The summed E-state index contributed by atoms with van der Waals surface area (Å²) in [6.07, 6.45) is 3.78. The van der Waals surface area contributed by atoms with Crippen LogP contribution in [0.3, 0.4) is 0 Å². The van der Waals surface area contributed by atoms with E-state index in [0.29, 0.717) is 0 Å². The highest BCUT2D eigenvalue weighted by molar-refractivity contribution is 6.14. The van der Waals surface area contributed by atoms with E-state index < -0.39 is 0 Å². The minimum atomic E-state index is 1.00. The molecule has 76 heavy (non-hydrogen) atoms. The van der Waals surface area contributed by atoms with E-state index >= 15 is 0 Å². The lowest BCUT2D eigenvalue weighted by Gasteiger charge is -2.12. The van der Waals surface area contributed by atoms with E-state index in [2.05, 4.69) is 261 Å². The van der Waals surface area contributed by atoms with Crippen LogP contribution in [0.1, 0.15) is 0 Å². The monoisotopic (exact) mass is 968 g/mol. The molecule has 6 heterocycles. The van der Waals surface area contributed by atoms with E-state index in [0.717, 1.165) is 88.9 Å². The van der Waals surface area contributed by atoms with Crippen LogP contribution in [0.5, 0.6) is 0 Å². The van der Waals surface area contributed by atoms with Gasteiger partial charge in [-0.2, -0.15) is 0 Å². The van der Waals surface area contributed by atoms with Gasteiger partial charge in [-0.05, 0) is 167 Å². The number of nitrogens with zero attached hydrogens (tertiary/aromatic N) is 6. The normalized spacial score (nSPS) is 11.9. The Morgan fingerprint density at radius 3 is 0.947 bits per heavy atom. The SMILES string of the molecule is c1ccc(-n2c3ccc(-c4cccc(-n5c6ccccc6c6cc(-c7ccc8c(c7)c7ccccc7n8-c7cccc(-c8ccc9c(c8)c8ncccc8n9-c8ccccc8)c7)ccc65)c4)cc3c3ncccc32)cc1. The summed E-state index contributed by atoms with van der Waals surface area (Å²) in [5.74, 6) is 0. The van der Waals surface area contributed by atoms with Crippen LogP contribution >= 0.6 is 0 Å². The molecule has 6 aromatic heterocycles. The smallest absolute Gasteiger partial charge is 0.0963 e. The molecule has 0 atom stereocenters. The summed E-state index contributed by atoms with van der Waals surface area (Å²) < 4.78 is 9.46. The Morgan fingerprint density at radius 1 is 0.197 bits per heavy atom. The topological polar surface area (TPSA) is 45.5 Å². The van der Waals surface area contributed by atoms with E-state index in [1.807, 2.05) is 24.5 Å². The second-order valence-electron chi connectivity index (χ2n) is 19.8. The fraction of sp³-hybridized carbons (Fsp3) is 0. The first kappa shape index (κ1) is 42.2. The van der Waals surface area contributed by atoms with Crippen molar-refractivity contribution < 1.29 is 0 Å². The van der Waals surface area contributed by atoms with E-state index in [1.54, 1.807) is 0 Å². The summed E-state index contributed by atoms with van der Waals surface area (Å²) in [6.45, 7) is 0. The van der Waals surface area contributed by atoms with Crippen molar-refractivity contribution in [2.45, 2.75) is 0 Å². The minimum Gasteiger partial charge on any atom is -0.309 e. The van der Waals surface area contributed by atoms with Crippen molar-refractivity contribution >= 4 is 87.5 Å². The molecule has 0 N–H and O–H groups in total. The molecule has 0 fully saturated rings. The van der Waals surface area contributed by atoms with Gasteiger partial charge in [0.15, 0.2) is 0 Å². The predicted molar refractivity (Wildman–Crippen MR) is 316 cm³/mol. The molecular formula is C70H44N6. The molecule has 0 aliphatic rings. The van der Waals surface area contributed by atoms with Gasteiger partial charge >= 0.3 is 0 Å². The Kier molecular flexibility index (Phi) is 9.23. The second-order valence-corrected chi connectivity index (χ2v) is 19.8. The lowest BCUT2D eigenvalue weighted by molar-refractivity contribution is 1.17. The summed E-state index contributed by atoms with van der Waals surface area (Å²) in [5, 5.41) is 7.16. The fourth-order valence-electron chi connectivity index (χ4n) is 12.3. The average molecular weight is 969 g/mol. The number of hydrogen-bond acceptors (Lipinski definition) is 2. The van der Waals surface area contributed by atoms with Crippen molar-refractivity contribution in [2.24, 2.45) is 0 Å². The van der Waals surface area contributed by atoms with Gasteiger partial charge in [-0.3, -0.25) is 9.97 Å². The predicted octanol–water partition coefficient (Wildman–Crippen LogP) is 17.9. The number of benzene rings is 10. The molecule has 16 aromatic rings. The lowest BCUT2D eigenvalue weighted by Crippen LogP contribution is -1.95. The molecule has 0 unspecified atom stereocenters. The van der Waals surface area contributed by atoms with Crippen LogP contribution in [0.15, 0.2) is 267 Å². The molecule has 16 rings (SSSR count). The van der Waals surface area contributed by atoms with Crippen molar-refractivity contribution in [1.29, 1.82) is 0 Å². The molecule has 0 aliphatic carbocycles. The molecule has 0 amide bonds. The number of hydrogen-bond donors (Lipinski definition) is 0. The van der Waals surface area contributed by atoms with E-state index in [9.17, 15) is 0 Å². The van der Waals surface area contributed by atoms with E-state index in [1.165, 1.54) is 54.7 Å². The van der Waals surface area contributed by atoms with E-state index in [-0.39, 0.29) is 0 Å². The number of rotatable bonds is 7. The molecule has 6 heteroatoms. The number of fused-ring (bicyclic) bond motifs is 12. The van der Waals surface area contributed by atoms with Crippen molar-refractivity contribution in [3.63, 3.8) is 0 Å². The van der Waals surface area contributed by atoms with Gasteiger partial charge in [-0.25, -0.2) is 0 Å². The summed E-state index contributed by atoms with van der Waals surface area (Å²) >= 11 is 0. The molecule has 10 aromatic carbocycles. The Morgan fingerprint density at radius 2 is 0.513 bits per heavy atom. The number of para-hydroxylation sites is 4. The molecule has 6 nitrogen and oxygen atoms in total. The molecule has 0 bridgehead atoms. The lowest BCUT2D eigenvalue weighted by atomic mass is 10.0. The highest BCUT2D eigenvalue weighted by atomic mass is 15.0. The van der Waals surface area contributed by atoms with Crippen molar-refractivity contribution in [2.75, 3.05) is 0 Å². The van der Waals surface area contributed by atoms with Crippen molar-refractivity contribution in [3.05, 3.63) is 267 Å². The zero-order valence-electron chi connectivity index (χ0n) is 41.1. The van der Waals surface area contributed by atoms with Gasteiger partial charge in [0, 0.05) is 67.5 Å². The van der Waals surface area contributed by atoms with Crippen molar-refractivity contribution in [3.8, 4) is 56.1 Å². The maximum atomic E-state index is 4.89. The van der Waals surface area contributed by atoms with Crippen LogP contribution in [-0.2, 0) is 0 Å². The van der Waals surface area contributed by atoms with Gasteiger partial charge in [0.05, 0.1) is 55.2 Å². The third kappa shape index (κ3) is 6.41. The first-order valence-corrected chi connectivity index (χ1v) is 25.9. The quantitative estimate of drug-likeness (QED) is 0.160. The molecule has 354 valence electrons. The Hall–Kier alpha value is -10.3. The van der Waals surface area contributed by atoms with Crippen LogP contribution in [0.25, 0.3) is 144 Å². The summed E-state index contributed by atoms with van der Waals surface area (Å²) in [6, 6.07) is 92.5. The number of aromatic nitrogens is 6. The second kappa shape index (κ2) is 16.6. The largest absolute Gasteiger partial charge is 0.309 e. The Labute approximate surface area is 436 Å². The molecule has 0 aliphatic heterocycles. The molecular weight excluding hydrogens is 925 g/mol. The Balaban J connectivity index is 0.776. The van der Waals surface area contributed by atoms with Crippen molar-refractivity contribution in [1.82, 2.24) is 28.2 Å².